The van der Waals surface area contributed by atoms with Crippen molar-refractivity contribution in [3.63, 3.8) is 0 Å². The summed E-state index contributed by atoms with van der Waals surface area (Å²) in [5.41, 5.74) is 1.09. The predicted octanol–water partition coefficient (Wildman–Crippen LogP) is 1.93. The van der Waals surface area contributed by atoms with Gasteiger partial charge < -0.3 is 5.32 Å². The van der Waals surface area contributed by atoms with E-state index in [1.54, 1.807) is 36.4 Å². The predicted molar refractivity (Wildman–Crippen MR) is 76.8 cm³/mol. The monoisotopic (exact) mass is 279 g/mol. The quantitative estimate of drug-likeness (QED) is 0.867. The summed E-state index contributed by atoms with van der Waals surface area (Å²) >= 11 is 0. The number of nitrogens with zero attached hydrogens (tertiary/aromatic N) is 2. The van der Waals surface area contributed by atoms with Gasteiger partial charge in [-0.3, -0.25) is 14.6 Å². The summed E-state index contributed by atoms with van der Waals surface area (Å²) in [6.45, 7) is 0. The molecule has 5 heteroatoms. The van der Waals surface area contributed by atoms with Gasteiger partial charge in [0.15, 0.2) is 11.7 Å². The van der Waals surface area contributed by atoms with Gasteiger partial charge in [0.25, 0.3) is 5.91 Å². The van der Waals surface area contributed by atoms with E-state index in [0.29, 0.717) is 16.8 Å². The van der Waals surface area contributed by atoms with Crippen LogP contribution in [0.4, 0.5) is 0 Å². The largest absolute Gasteiger partial charge is 0.355 e. The number of nitrogens with one attached hydrogen (secondary N) is 1. The van der Waals surface area contributed by atoms with Crippen molar-refractivity contribution >= 4 is 11.7 Å². The number of ketones is 1. The minimum Gasteiger partial charge on any atom is -0.355 e. The van der Waals surface area contributed by atoms with Crippen LogP contribution >= 0.6 is 0 Å². The van der Waals surface area contributed by atoms with Gasteiger partial charge >= 0.3 is 0 Å². The molecule has 0 radical (unpaired) electrons. The number of hydrogen-bond donors (Lipinski definition) is 1. The number of carbonyl (C=O) groups is 2. The molecule has 0 bridgehead atoms. The fourth-order valence-electron chi connectivity index (χ4n) is 1.93. The standard InChI is InChI=1S/C16H13N3O2/c1-18-16(21)12-6-4-5-11(9-12)15(20)13(10-17)14-7-2-3-8-19-14/h2-9,13H,1H3,(H,18,21)/t13-/m0/s1. The molecular formula is C16H13N3O2. The van der Waals surface area contributed by atoms with Gasteiger partial charge in [-0.15, -0.1) is 0 Å². The highest BCUT2D eigenvalue weighted by molar-refractivity contribution is 6.04. The van der Waals surface area contributed by atoms with Crippen LogP contribution in [0.3, 0.4) is 0 Å². The second-order valence-corrected chi connectivity index (χ2v) is 4.34. The average molecular weight is 279 g/mol. The second kappa shape index (κ2) is 6.44. The average Bonchev–Trinajstić information content (AvgIpc) is 2.55. The normalized spacial score (nSPS) is 11.2. The third kappa shape index (κ3) is 3.12. The van der Waals surface area contributed by atoms with Crippen molar-refractivity contribution < 1.29 is 9.59 Å². The van der Waals surface area contributed by atoms with Crippen molar-refractivity contribution in [3.05, 3.63) is 65.5 Å². The zero-order valence-electron chi connectivity index (χ0n) is 11.4. The molecule has 1 atom stereocenters. The van der Waals surface area contributed by atoms with Crippen LogP contribution in [-0.4, -0.2) is 23.7 Å². The zero-order chi connectivity index (χ0) is 15.2. The molecule has 1 N–H and O–H groups in total. The van der Waals surface area contributed by atoms with E-state index in [1.807, 2.05) is 6.07 Å². The van der Waals surface area contributed by atoms with E-state index < -0.39 is 5.92 Å². The van der Waals surface area contributed by atoms with E-state index >= 15 is 0 Å². The molecule has 0 unspecified atom stereocenters. The molecule has 0 saturated heterocycles. The zero-order valence-corrected chi connectivity index (χ0v) is 11.4. The van der Waals surface area contributed by atoms with E-state index in [9.17, 15) is 14.9 Å². The van der Waals surface area contributed by atoms with E-state index in [2.05, 4.69) is 10.3 Å². The number of Topliss-reactive ketones (excluding diaryl/α,β-unsaturated/α-hetero) is 1. The number of pyridine rings is 1. The molecule has 21 heavy (non-hydrogen) atoms. The molecule has 2 aromatic rings. The summed E-state index contributed by atoms with van der Waals surface area (Å²) in [6, 6.07) is 13.3. The molecule has 0 fully saturated rings. The first kappa shape index (κ1) is 14.4. The summed E-state index contributed by atoms with van der Waals surface area (Å²) in [5.74, 6) is -1.64. The lowest BCUT2D eigenvalue weighted by molar-refractivity contribution is 0.0963. The maximum absolute atomic E-state index is 12.4. The molecule has 1 aromatic heterocycles. The van der Waals surface area contributed by atoms with Crippen molar-refractivity contribution in [3.8, 4) is 6.07 Å². The lowest BCUT2D eigenvalue weighted by atomic mass is 9.94. The van der Waals surface area contributed by atoms with Crippen LogP contribution in [0.25, 0.3) is 0 Å². The van der Waals surface area contributed by atoms with Crippen LogP contribution in [0.15, 0.2) is 48.7 Å². The molecule has 1 amide bonds. The van der Waals surface area contributed by atoms with Gasteiger partial charge in [0.2, 0.25) is 0 Å². The molecule has 5 nitrogen and oxygen atoms in total. The topological polar surface area (TPSA) is 82.9 Å². The lowest BCUT2D eigenvalue weighted by Gasteiger charge is -2.08. The van der Waals surface area contributed by atoms with Crippen molar-refractivity contribution in [2.45, 2.75) is 5.92 Å². The summed E-state index contributed by atoms with van der Waals surface area (Å²) in [5, 5.41) is 11.7. The molecule has 104 valence electrons. The number of carbonyl (C=O) groups excluding carboxylic acids is 2. The van der Waals surface area contributed by atoms with Gasteiger partial charge in [-0.25, -0.2) is 0 Å². The van der Waals surface area contributed by atoms with Crippen molar-refractivity contribution in [1.82, 2.24) is 10.3 Å². The van der Waals surface area contributed by atoms with Crippen LogP contribution in [0.2, 0.25) is 0 Å². The van der Waals surface area contributed by atoms with Crippen LogP contribution in [0.5, 0.6) is 0 Å². The molecule has 0 aliphatic rings. The van der Waals surface area contributed by atoms with Gasteiger partial charge in [0.05, 0.1) is 11.8 Å². The SMILES string of the molecule is CNC(=O)c1cccc(C(=O)[C@@H](C#N)c2ccccn2)c1. The molecule has 0 aliphatic carbocycles. The second-order valence-electron chi connectivity index (χ2n) is 4.34. The number of nitriles is 1. The Morgan fingerprint density at radius 2 is 1.95 bits per heavy atom. The molecule has 0 saturated carbocycles. The van der Waals surface area contributed by atoms with Crippen LogP contribution in [0, 0.1) is 11.3 Å². The summed E-state index contributed by atoms with van der Waals surface area (Å²) in [6.07, 6.45) is 1.54. The first-order valence-corrected chi connectivity index (χ1v) is 6.34. The van der Waals surface area contributed by atoms with Gasteiger partial charge in [-0.2, -0.15) is 5.26 Å². The third-order valence-corrected chi connectivity index (χ3v) is 3.01. The van der Waals surface area contributed by atoms with Gasteiger partial charge in [-0.05, 0) is 24.3 Å². The van der Waals surface area contributed by atoms with E-state index in [1.165, 1.54) is 19.3 Å². The number of benzene rings is 1. The van der Waals surface area contributed by atoms with Crippen LogP contribution < -0.4 is 5.32 Å². The molecule has 1 heterocycles. The molecule has 1 aromatic carbocycles. The van der Waals surface area contributed by atoms with Crippen LogP contribution in [-0.2, 0) is 0 Å². The van der Waals surface area contributed by atoms with Crippen molar-refractivity contribution in [2.75, 3.05) is 7.05 Å². The van der Waals surface area contributed by atoms with E-state index in [0.717, 1.165) is 0 Å². The highest BCUT2D eigenvalue weighted by atomic mass is 16.1. The summed E-state index contributed by atoms with van der Waals surface area (Å²) in [7, 11) is 1.52. The summed E-state index contributed by atoms with van der Waals surface area (Å²) in [4.78, 5) is 28.1. The number of hydrogen-bond acceptors (Lipinski definition) is 4. The Morgan fingerprint density at radius 3 is 2.57 bits per heavy atom. The Bertz CT molecular complexity index is 705. The Labute approximate surface area is 122 Å². The highest BCUT2D eigenvalue weighted by Gasteiger charge is 2.23. The molecule has 0 aliphatic heterocycles. The van der Waals surface area contributed by atoms with Gasteiger partial charge in [0, 0.05) is 24.4 Å². The van der Waals surface area contributed by atoms with Crippen molar-refractivity contribution in [2.24, 2.45) is 0 Å². The first-order valence-electron chi connectivity index (χ1n) is 6.34. The molecule has 2 rings (SSSR count). The Morgan fingerprint density at radius 1 is 1.19 bits per heavy atom. The fraction of sp³-hybridized carbons (Fsp3) is 0.125. The first-order chi connectivity index (χ1) is 10.2. The number of amides is 1. The number of rotatable bonds is 4. The summed E-state index contributed by atoms with van der Waals surface area (Å²) < 4.78 is 0. The van der Waals surface area contributed by atoms with Gasteiger partial charge in [0.1, 0.15) is 0 Å². The minimum absolute atomic E-state index is 0.281. The fourth-order valence-corrected chi connectivity index (χ4v) is 1.93. The smallest absolute Gasteiger partial charge is 0.251 e. The third-order valence-electron chi connectivity index (χ3n) is 3.01. The maximum atomic E-state index is 12.4. The van der Waals surface area contributed by atoms with Gasteiger partial charge in [-0.1, -0.05) is 18.2 Å². The maximum Gasteiger partial charge on any atom is 0.251 e. The Kier molecular flexibility index (Phi) is 4.42. The highest BCUT2D eigenvalue weighted by Crippen LogP contribution is 2.19. The van der Waals surface area contributed by atoms with Crippen molar-refractivity contribution in [1.29, 1.82) is 5.26 Å². The minimum atomic E-state index is -0.980. The van der Waals surface area contributed by atoms with Crippen LogP contribution in [0.1, 0.15) is 32.3 Å². The Hall–Kier alpha value is -3.00. The number of aromatic nitrogens is 1. The van der Waals surface area contributed by atoms with E-state index in [-0.39, 0.29) is 11.7 Å². The lowest BCUT2D eigenvalue weighted by Crippen LogP contribution is -2.19. The van der Waals surface area contributed by atoms with E-state index in [4.69, 9.17) is 0 Å². The Balaban J connectivity index is 2.35. The molecular weight excluding hydrogens is 266 g/mol. The molecule has 0 spiro atoms.